The van der Waals surface area contributed by atoms with Crippen molar-refractivity contribution in [1.82, 2.24) is 9.66 Å². The van der Waals surface area contributed by atoms with Gasteiger partial charge in [0, 0.05) is 17.1 Å². The normalized spacial score (nSPS) is 12.1. The van der Waals surface area contributed by atoms with Gasteiger partial charge in [0.05, 0.1) is 28.7 Å². The van der Waals surface area contributed by atoms with E-state index in [2.05, 4.69) is 15.1 Å². The van der Waals surface area contributed by atoms with Crippen molar-refractivity contribution in [3.05, 3.63) is 76.0 Å². The van der Waals surface area contributed by atoms with E-state index in [-0.39, 0.29) is 11.5 Å². The molecule has 0 radical (unpaired) electrons. The molecule has 0 saturated heterocycles. The molecule has 2 N–H and O–H groups in total. The Labute approximate surface area is 162 Å². The first-order valence-electron chi connectivity index (χ1n) is 7.97. The zero-order chi connectivity index (χ0) is 18.6. The number of phenolic OH excluding ortho intramolecular Hbond substituents is 2. The molecule has 0 unspecified atom stereocenters. The van der Waals surface area contributed by atoms with E-state index in [0.717, 1.165) is 16.3 Å². The highest BCUT2D eigenvalue weighted by molar-refractivity contribution is 7.14. The summed E-state index contributed by atoms with van der Waals surface area (Å²) in [6.07, 6.45) is 4.88. The van der Waals surface area contributed by atoms with E-state index in [0.29, 0.717) is 10.4 Å². The molecular weight excluding hydrogens is 380 g/mol. The van der Waals surface area contributed by atoms with Crippen molar-refractivity contribution in [2.24, 2.45) is 10.1 Å². The fraction of sp³-hybridized carbons (Fsp3) is 0. The minimum atomic E-state index is -0.208. The molecule has 4 aromatic rings. The molecule has 0 bridgehead atoms. The molecule has 134 valence electrons. The van der Waals surface area contributed by atoms with Crippen LogP contribution in [0.4, 0.5) is 5.69 Å². The molecule has 0 saturated carbocycles. The second kappa shape index (κ2) is 7.56. The Hall–Kier alpha value is -3.23. The second-order valence-electron chi connectivity index (χ2n) is 5.48. The van der Waals surface area contributed by atoms with Gasteiger partial charge in [-0.25, -0.2) is 9.67 Å². The Morgan fingerprint density at radius 2 is 1.96 bits per heavy atom. The van der Waals surface area contributed by atoms with Gasteiger partial charge in [-0.15, -0.1) is 22.7 Å². The Bertz CT molecular complexity index is 1150. The molecule has 8 heteroatoms. The zero-order valence-electron chi connectivity index (χ0n) is 13.9. The number of benzene rings is 1. The van der Waals surface area contributed by atoms with Crippen molar-refractivity contribution in [1.29, 1.82) is 0 Å². The molecule has 3 heterocycles. The van der Waals surface area contributed by atoms with Crippen LogP contribution in [0.1, 0.15) is 5.56 Å². The summed E-state index contributed by atoms with van der Waals surface area (Å²) in [5.74, 6) is -0.395. The lowest BCUT2D eigenvalue weighted by Crippen LogP contribution is -2.11. The van der Waals surface area contributed by atoms with Gasteiger partial charge in [0.1, 0.15) is 0 Å². The first-order valence-corrected chi connectivity index (χ1v) is 9.73. The summed E-state index contributed by atoms with van der Waals surface area (Å²) < 4.78 is 1.72. The maximum absolute atomic E-state index is 10.0. The highest BCUT2D eigenvalue weighted by Crippen LogP contribution is 2.28. The molecule has 27 heavy (non-hydrogen) atoms. The van der Waals surface area contributed by atoms with Gasteiger partial charge in [-0.1, -0.05) is 12.1 Å². The summed E-state index contributed by atoms with van der Waals surface area (Å²) in [5.41, 5.74) is 2.04. The van der Waals surface area contributed by atoms with E-state index < -0.39 is 0 Å². The predicted molar refractivity (Wildman–Crippen MR) is 108 cm³/mol. The number of aromatic hydroxyl groups is 2. The monoisotopic (exact) mass is 394 g/mol. The lowest BCUT2D eigenvalue weighted by Gasteiger charge is -2.03. The Balaban J connectivity index is 1.84. The van der Waals surface area contributed by atoms with Gasteiger partial charge in [-0.05, 0) is 35.7 Å². The van der Waals surface area contributed by atoms with Gasteiger partial charge >= 0.3 is 0 Å². The van der Waals surface area contributed by atoms with Crippen LogP contribution >= 0.6 is 22.7 Å². The summed E-state index contributed by atoms with van der Waals surface area (Å²) >= 11 is 3.07. The maximum atomic E-state index is 10.0. The minimum absolute atomic E-state index is 0.187. The molecule has 6 nitrogen and oxygen atoms in total. The summed E-state index contributed by atoms with van der Waals surface area (Å²) in [5, 5.41) is 28.2. The quantitative estimate of drug-likeness (QED) is 0.402. The fourth-order valence-electron chi connectivity index (χ4n) is 2.39. The Kier molecular flexibility index (Phi) is 4.82. The third-order valence-corrected chi connectivity index (χ3v) is 5.40. The number of pyridine rings is 1. The molecule has 0 fully saturated rings. The van der Waals surface area contributed by atoms with Gasteiger partial charge in [0.25, 0.3) is 0 Å². The first kappa shape index (κ1) is 17.2. The molecule has 0 aliphatic rings. The van der Waals surface area contributed by atoms with E-state index in [4.69, 9.17) is 0 Å². The lowest BCUT2D eigenvalue weighted by atomic mass is 10.2. The third kappa shape index (κ3) is 3.67. The van der Waals surface area contributed by atoms with Gasteiger partial charge in [-0.3, -0.25) is 4.98 Å². The molecule has 4 rings (SSSR count). The van der Waals surface area contributed by atoms with Crippen LogP contribution in [0.15, 0.2) is 75.7 Å². The van der Waals surface area contributed by atoms with Crippen LogP contribution in [0.3, 0.4) is 0 Å². The standard InChI is InChI=1S/C19H14N4O2S2/c24-16-6-1-4-13(18(16)25)10-21-23-15(17-7-3-9-26-17)12-27-19(23)22-14-5-2-8-20-11-14/h1-12,24-25H. The van der Waals surface area contributed by atoms with Crippen molar-refractivity contribution >= 4 is 34.6 Å². The number of thiophene rings is 1. The lowest BCUT2D eigenvalue weighted by molar-refractivity contribution is 0.403. The maximum Gasteiger partial charge on any atom is 0.211 e. The predicted octanol–water partition coefficient (Wildman–Crippen LogP) is 4.20. The van der Waals surface area contributed by atoms with Crippen LogP contribution in [0, 0.1) is 0 Å². The summed E-state index contributed by atoms with van der Waals surface area (Å²) in [6.45, 7) is 0. The van der Waals surface area contributed by atoms with Gasteiger partial charge < -0.3 is 10.2 Å². The molecular formula is C19H14N4O2S2. The first-order chi connectivity index (χ1) is 13.2. The summed E-state index contributed by atoms with van der Waals surface area (Å²) in [7, 11) is 0. The number of hydrogen-bond donors (Lipinski definition) is 2. The second-order valence-corrected chi connectivity index (χ2v) is 7.26. The third-order valence-electron chi connectivity index (χ3n) is 3.69. The van der Waals surface area contributed by atoms with Crippen LogP contribution in [-0.4, -0.2) is 26.1 Å². The zero-order valence-corrected chi connectivity index (χ0v) is 15.6. The van der Waals surface area contributed by atoms with E-state index in [9.17, 15) is 10.2 Å². The molecule has 0 amide bonds. The van der Waals surface area contributed by atoms with Crippen LogP contribution in [0.5, 0.6) is 11.5 Å². The smallest absolute Gasteiger partial charge is 0.211 e. The van der Waals surface area contributed by atoms with Crippen molar-refractivity contribution in [2.45, 2.75) is 0 Å². The number of aromatic nitrogens is 2. The summed E-state index contributed by atoms with van der Waals surface area (Å²) in [4.78, 5) is 10.4. The number of para-hydroxylation sites is 1. The van der Waals surface area contributed by atoms with Crippen molar-refractivity contribution in [2.75, 3.05) is 0 Å². The number of hydrogen-bond acceptors (Lipinski definition) is 7. The number of rotatable bonds is 4. The van der Waals surface area contributed by atoms with Crippen LogP contribution in [0.2, 0.25) is 0 Å². The van der Waals surface area contributed by atoms with Gasteiger partial charge in [-0.2, -0.15) is 5.10 Å². The van der Waals surface area contributed by atoms with Gasteiger partial charge in [0.2, 0.25) is 4.80 Å². The largest absolute Gasteiger partial charge is 0.504 e. The molecule has 1 aromatic carbocycles. The van der Waals surface area contributed by atoms with Gasteiger partial charge in [0.15, 0.2) is 11.5 Å². The molecule has 0 aliphatic carbocycles. The topological polar surface area (TPSA) is 83.0 Å². The number of phenols is 2. The number of thiazole rings is 1. The number of nitrogens with zero attached hydrogens (tertiary/aromatic N) is 4. The molecule has 0 aliphatic heterocycles. The SMILES string of the molecule is Oc1cccc(C=Nn2c(-c3cccs3)csc2=Nc2cccnc2)c1O. The Morgan fingerprint density at radius 3 is 2.74 bits per heavy atom. The van der Waals surface area contributed by atoms with Crippen molar-refractivity contribution < 1.29 is 10.2 Å². The van der Waals surface area contributed by atoms with E-state index >= 15 is 0 Å². The van der Waals surface area contributed by atoms with Crippen LogP contribution in [-0.2, 0) is 0 Å². The summed E-state index contributed by atoms with van der Waals surface area (Å²) in [6, 6.07) is 12.4. The van der Waals surface area contributed by atoms with Crippen LogP contribution in [0.25, 0.3) is 10.6 Å². The van der Waals surface area contributed by atoms with Crippen molar-refractivity contribution in [3.63, 3.8) is 0 Å². The fourth-order valence-corrected chi connectivity index (χ4v) is 4.04. The van der Waals surface area contributed by atoms with E-state index in [1.54, 1.807) is 40.5 Å². The highest BCUT2D eigenvalue weighted by atomic mass is 32.1. The highest BCUT2D eigenvalue weighted by Gasteiger charge is 2.09. The molecule has 0 atom stereocenters. The Morgan fingerprint density at radius 1 is 1.04 bits per heavy atom. The minimum Gasteiger partial charge on any atom is -0.504 e. The molecule has 0 spiro atoms. The average molecular weight is 394 g/mol. The van der Waals surface area contributed by atoms with Crippen molar-refractivity contribution in [3.8, 4) is 22.1 Å². The van der Waals surface area contributed by atoms with E-state index in [1.165, 1.54) is 23.6 Å². The van der Waals surface area contributed by atoms with Crippen LogP contribution < -0.4 is 4.80 Å². The van der Waals surface area contributed by atoms with E-state index in [1.807, 2.05) is 35.0 Å². The molecule has 3 aromatic heterocycles. The average Bonchev–Trinajstić information content (AvgIpc) is 3.34.